The first-order chi connectivity index (χ1) is 14.0. The fourth-order valence-corrected chi connectivity index (χ4v) is 4.10. The van der Waals surface area contributed by atoms with Gasteiger partial charge in [0, 0.05) is 15.6 Å². The minimum absolute atomic E-state index is 0.348. The quantitative estimate of drug-likeness (QED) is 0.516. The molecule has 1 N–H and O–H groups in total. The van der Waals surface area contributed by atoms with E-state index in [2.05, 4.69) is 15.6 Å². The molecule has 0 aliphatic heterocycles. The average Bonchev–Trinajstić information content (AvgIpc) is 3.17. The number of hydrogen-bond acceptors (Lipinski definition) is 5. The first-order valence-electron chi connectivity index (χ1n) is 8.96. The van der Waals surface area contributed by atoms with Gasteiger partial charge in [-0.25, -0.2) is 0 Å². The van der Waals surface area contributed by atoms with E-state index in [-0.39, 0.29) is 11.5 Å². The van der Waals surface area contributed by atoms with E-state index >= 15 is 0 Å². The number of thiophene rings is 1. The number of hydrogen-bond donors (Lipinski definition) is 1. The van der Waals surface area contributed by atoms with Crippen LogP contribution in [0.25, 0.3) is 20.7 Å². The molecule has 8 heteroatoms. The molecule has 2 heterocycles. The summed E-state index contributed by atoms with van der Waals surface area (Å²) in [6.45, 7) is 3.43. The summed E-state index contributed by atoms with van der Waals surface area (Å²) in [5.41, 5.74) is 2.01. The van der Waals surface area contributed by atoms with Crippen molar-refractivity contribution in [3.05, 3.63) is 75.5 Å². The van der Waals surface area contributed by atoms with Gasteiger partial charge in [-0.05, 0) is 43.2 Å². The van der Waals surface area contributed by atoms with Crippen molar-refractivity contribution >= 4 is 44.7 Å². The number of nitrogens with one attached hydrogen (secondary N) is 1. The minimum Gasteiger partial charge on any atom is -0.324 e. The van der Waals surface area contributed by atoms with Crippen LogP contribution in [0, 0.1) is 6.92 Å². The van der Waals surface area contributed by atoms with Gasteiger partial charge in [0.1, 0.15) is 6.04 Å². The zero-order valence-corrected chi connectivity index (χ0v) is 17.3. The molecule has 146 valence electrons. The first-order valence-corrected chi connectivity index (χ1v) is 10.2. The molecule has 2 aromatic carbocycles. The highest BCUT2D eigenvalue weighted by molar-refractivity contribution is 7.21. The molecule has 1 atom stereocenters. The molecular weight excluding hydrogens is 408 g/mol. The van der Waals surface area contributed by atoms with Crippen LogP contribution in [0.3, 0.4) is 0 Å². The molecule has 0 saturated carbocycles. The molecule has 29 heavy (non-hydrogen) atoms. The predicted octanol–water partition coefficient (Wildman–Crippen LogP) is 4.68. The third-order valence-electron chi connectivity index (χ3n) is 4.71. The van der Waals surface area contributed by atoms with Gasteiger partial charge in [0.25, 0.3) is 5.56 Å². The van der Waals surface area contributed by atoms with Crippen molar-refractivity contribution in [1.29, 1.82) is 0 Å². The second-order valence-electron chi connectivity index (χ2n) is 6.61. The Balaban J connectivity index is 1.66. The lowest BCUT2D eigenvalue weighted by molar-refractivity contribution is -0.119. The molecule has 1 amide bonds. The molecule has 0 fully saturated rings. The summed E-state index contributed by atoms with van der Waals surface area (Å²) in [4.78, 5) is 27.1. The molecule has 0 aliphatic carbocycles. The Kier molecular flexibility index (Phi) is 5.17. The fraction of sp³-hybridized carbons (Fsp3) is 0.143. The van der Waals surface area contributed by atoms with Crippen molar-refractivity contribution in [3.63, 3.8) is 0 Å². The van der Waals surface area contributed by atoms with Crippen LogP contribution in [0.5, 0.6) is 0 Å². The van der Waals surface area contributed by atoms with Gasteiger partial charge in [-0.3, -0.25) is 9.59 Å². The summed E-state index contributed by atoms with van der Waals surface area (Å²) >= 11 is 7.51. The van der Waals surface area contributed by atoms with Gasteiger partial charge in [0.2, 0.25) is 5.91 Å². The molecule has 0 saturated heterocycles. The third kappa shape index (κ3) is 3.66. The number of anilines is 1. The lowest BCUT2D eigenvalue weighted by Gasteiger charge is -2.15. The van der Waals surface area contributed by atoms with Crippen LogP contribution in [0.2, 0.25) is 5.02 Å². The number of fused-ring (bicyclic) bond motifs is 1. The van der Waals surface area contributed by atoms with Crippen LogP contribution in [0.1, 0.15) is 18.5 Å². The Bertz CT molecular complexity index is 1270. The lowest BCUT2D eigenvalue weighted by Crippen LogP contribution is -2.34. The maximum absolute atomic E-state index is 13.0. The Morgan fingerprint density at radius 1 is 1.17 bits per heavy atom. The van der Waals surface area contributed by atoms with Crippen molar-refractivity contribution in [1.82, 2.24) is 15.0 Å². The number of benzene rings is 2. The summed E-state index contributed by atoms with van der Waals surface area (Å²) in [5, 5.41) is 12.0. The SMILES string of the molecule is Cc1c(Cl)cccc1NC(=O)[C@H](C)n1nnc2sc(-c3ccccc3)cc2c1=O. The Morgan fingerprint density at radius 3 is 2.69 bits per heavy atom. The van der Waals surface area contributed by atoms with Gasteiger partial charge < -0.3 is 5.32 Å². The molecule has 0 unspecified atom stereocenters. The first kappa shape index (κ1) is 19.3. The van der Waals surface area contributed by atoms with E-state index in [4.69, 9.17) is 11.6 Å². The number of amides is 1. The summed E-state index contributed by atoms with van der Waals surface area (Å²) in [6, 6.07) is 16.0. The molecule has 4 rings (SSSR count). The van der Waals surface area contributed by atoms with E-state index in [1.54, 1.807) is 31.2 Å². The van der Waals surface area contributed by atoms with Crippen LogP contribution >= 0.6 is 22.9 Å². The lowest BCUT2D eigenvalue weighted by atomic mass is 10.2. The Morgan fingerprint density at radius 2 is 1.93 bits per heavy atom. The van der Waals surface area contributed by atoms with Gasteiger partial charge in [0.05, 0.1) is 5.39 Å². The molecule has 0 aliphatic rings. The highest BCUT2D eigenvalue weighted by Crippen LogP contribution is 2.30. The summed E-state index contributed by atoms with van der Waals surface area (Å²) in [5.74, 6) is -0.371. The van der Waals surface area contributed by atoms with Crippen molar-refractivity contribution < 1.29 is 4.79 Å². The second kappa shape index (κ2) is 7.77. The van der Waals surface area contributed by atoms with Gasteiger partial charge in [-0.2, -0.15) is 4.68 Å². The summed E-state index contributed by atoms with van der Waals surface area (Å²) < 4.78 is 1.11. The largest absolute Gasteiger partial charge is 0.324 e. The fourth-order valence-electron chi connectivity index (χ4n) is 2.95. The third-order valence-corrected chi connectivity index (χ3v) is 6.19. The van der Waals surface area contributed by atoms with Crippen LogP contribution < -0.4 is 10.9 Å². The molecule has 2 aromatic heterocycles. The van der Waals surface area contributed by atoms with E-state index in [0.29, 0.717) is 20.9 Å². The van der Waals surface area contributed by atoms with Crippen LogP contribution in [-0.2, 0) is 4.79 Å². The highest BCUT2D eigenvalue weighted by Gasteiger charge is 2.21. The molecule has 4 aromatic rings. The van der Waals surface area contributed by atoms with Crippen molar-refractivity contribution in [2.45, 2.75) is 19.9 Å². The van der Waals surface area contributed by atoms with E-state index < -0.39 is 6.04 Å². The van der Waals surface area contributed by atoms with Gasteiger partial charge in [0.15, 0.2) is 4.83 Å². The molecule has 0 spiro atoms. The molecule has 6 nitrogen and oxygen atoms in total. The smallest absolute Gasteiger partial charge is 0.279 e. The van der Waals surface area contributed by atoms with Crippen LogP contribution in [-0.4, -0.2) is 20.9 Å². The predicted molar refractivity (Wildman–Crippen MR) is 117 cm³/mol. The van der Waals surface area contributed by atoms with Gasteiger partial charge in [-0.1, -0.05) is 53.2 Å². The molecular formula is C21H17ClN4O2S. The van der Waals surface area contributed by atoms with E-state index in [9.17, 15) is 9.59 Å². The van der Waals surface area contributed by atoms with Crippen LogP contribution in [0.4, 0.5) is 5.69 Å². The molecule has 0 bridgehead atoms. The monoisotopic (exact) mass is 424 g/mol. The number of nitrogens with zero attached hydrogens (tertiary/aromatic N) is 3. The van der Waals surface area contributed by atoms with Crippen molar-refractivity contribution in [2.75, 3.05) is 5.32 Å². The topological polar surface area (TPSA) is 76.9 Å². The van der Waals surface area contributed by atoms with Gasteiger partial charge in [-0.15, -0.1) is 16.4 Å². The molecule has 0 radical (unpaired) electrons. The van der Waals surface area contributed by atoms with Crippen LogP contribution in [0.15, 0.2) is 59.4 Å². The number of carbonyl (C=O) groups is 1. The zero-order valence-electron chi connectivity index (χ0n) is 15.7. The zero-order chi connectivity index (χ0) is 20.5. The normalized spacial score (nSPS) is 12.1. The van der Waals surface area contributed by atoms with E-state index in [1.807, 2.05) is 37.3 Å². The number of rotatable bonds is 4. The maximum Gasteiger partial charge on any atom is 0.279 e. The number of halogens is 1. The average molecular weight is 425 g/mol. The minimum atomic E-state index is -0.835. The van der Waals surface area contributed by atoms with Crippen molar-refractivity contribution in [2.24, 2.45) is 0 Å². The standard InChI is InChI=1S/C21H17ClN4O2S/c1-12-16(22)9-6-10-17(12)23-19(27)13(2)26-21(28)15-11-18(29-20(15)24-25-26)14-7-4-3-5-8-14/h3-11,13H,1-2H3,(H,23,27)/t13-/m0/s1. The maximum atomic E-state index is 13.0. The van der Waals surface area contributed by atoms with E-state index in [0.717, 1.165) is 20.7 Å². The number of aromatic nitrogens is 3. The summed E-state index contributed by atoms with van der Waals surface area (Å²) in [7, 11) is 0. The highest BCUT2D eigenvalue weighted by atomic mass is 35.5. The summed E-state index contributed by atoms with van der Waals surface area (Å²) in [6.07, 6.45) is 0. The second-order valence-corrected chi connectivity index (χ2v) is 8.05. The van der Waals surface area contributed by atoms with Gasteiger partial charge >= 0.3 is 0 Å². The Hall–Kier alpha value is -3.03. The Labute approximate surface area is 175 Å². The van der Waals surface area contributed by atoms with E-state index in [1.165, 1.54) is 11.3 Å². The van der Waals surface area contributed by atoms with Crippen molar-refractivity contribution in [3.8, 4) is 10.4 Å². The number of carbonyl (C=O) groups excluding carboxylic acids is 1.